The number of halogens is 3. The lowest BCUT2D eigenvalue weighted by Gasteiger charge is -2.30. The summed E-state index contributed by atoms with van der Waals surface area (Å²) in [6.07, 6.45) is 5.02. The molecule has 4 heterocycles. The van der Waals surface area contributed by atoms with Gasteiger partial charge in [-0.15, -0.1) is 0 Å². The molecule has 186 valence electrons. The molecule has 0 radical (unpaired) electrons. The highest BCUT2D eigenvalue weighted by Gasteiger charge is 2.33. The van der Waals surface area contributed by atoms with E-state index in [1.807, 2.05) is 24.7 Å². The second-order valence-electron chi connectivity index (χ2n) is 9.68. The van der Waals surface area contributed by atoms with Crippen molar-refractivity contribution in [2.75, 3.05) is 6.61 Å². The van der Waals surface area contributed by atoms with Crippen LogP contribution in [0.15, 0.2) is 30.6 Å². The van der Waals surface area contributed by atoms with Crippen LogP contribution in [0, 0.1) is 25.5 Å². The van der Waals surface area contributed by atoms with Crippen LogP contribution in [0.25, 0.3) is 22.4 Å². The molecule has 2 atom stereocenters. The van der Waals surface area contributed by atoms with Gasteiger partial charge in [0.1, 0.15) is 34.8 Å². The number of fused-ring (bicyclic) bond motifs is 1. The highest BCUT2D eigenvalue weighted by atomic mass is 19.1. The van der Waals surface area contributed by atoms with Crippen molar-refractivity contribution in [3.63, 3.8) is 0 Å². The van der Waals surface area contributed by atoms with Crippen LogP contribution in [0.4, 0.5) is 13.2 Å². The van der Waals surface area contributed by atoms with E-state index < -0.39 is 17.8 Å². The first-order valence-corrected chi connectivity index (χ1v) is 12.1. The Morgan fingerprint density at radius 1 is 1.00 bits per heavy atom. The molecule has 2 fully saturated rings. The predicted molar refractivity (Wildman–Crippen MR) is 126 cm³/mol. The van der Waals surface area contributed by atoms with E-state index in [1.165, 1.54) is 12.1 Å². The minimum absolute atomic E-state index is 0.0684. The van der Waals surface area contributed by atoms with E-state index in [2.05, 4.69) is 15.1 Å². The molecule has 0 unspecified atom stereocenters. The number of benzene rings is 1. The Morgan fingerprint density at radius 2 is 1.81 bits per heavy atom. The second kappa shape index (κ2) is 8.92. The van der Waals surface area contributed by atoms with E-state index in [-0.39, 0.29) is 23.6 Å². The number of alkyl halides is 1. The summed E-state index contributed by atoms with van der Waals surface area (Å²) < 4.78 is 49.6. The fraction of sp³-hybridized carbons (Fsp3) is 0.423. The van der Waals surface area contributed by atoms with E-state index >= 15 is 0 Å². The summed E-state index contributed by atoms with van der Waals surface area (Å²) in [5.41, 5.74) is 3.55. The number of aromatic nitrogens is 6. The van der Waals surface area contributed by atoms with Gasteiger partial charge in [-0.25, -0.2) is 33.1 Å². The molecule has 1 saturated carbocycles. The van der Waals surface area contributed by atoms with Gasteiger partial charge in [0, 0.05) is 48.8 Å². The van der Waals surface area contributed by atoms with Gasteiger partial charge in [-0.05, 0) is 38.8 Å². The molecule has 1 aliphatic carbocycles. The molecule has 6 rings (SSSR count). The fourth-order valence-electron chi connectivity index (χ4n) is 4.90. The van der Waals surface area contributed by atoms with Crippen molar-refractivity contribution in [1.82, 2.24) is 29.7 Å². The molecule has 10 heteroatoms. The van der Waals surface area contributed by atoms with Crippen LogP contribution < -0.4 is 0 Å². The lowest BCUT2D eigenvalue weighted by molar-refractivity contribution is 0.00386. The third kappa shape index (κ3) is 4.13. The molecule has 36 heavy (non-hydrogen) atoms. The normalized spacial score (nSPS) is 24.1. The van der Waals surface area contributed by atoms with Crippen molar-refractivity contribution in [3.05, 3.63) is 65.0 Å². The maximum atomic E-state index is 14.8. The Morgan fingerprint density at radius 3 is 2.58 bits per heavy atom. The number of rotatable bonds is 4. The second-order valence-corrected chi connectivity index (χ2v) is 9.68. The molecular weight excluding hydrogens is 469 g/mol. The minimum atomic E-state index is -0.751. The summed E-state index contributed by atoms with van der Waals surface area (Å²) in [6.45, 7) is 4.16. The summed E-state index contributed by atoms with van der Waals surface area (Å²) in [4.78, 5) is 18.7. The van der Waals surface area contributed by atoms with Crippen molar-refractivity contribution in [3.8, 4) is 11.3 Å². The number of ether oxygens (including phenoxy) is 1. The van der Waals surface area contributed by atoms with Gasteiger partial charge in [0.05, 0.1) is 29.7 Å². The number of hydrogen-bond donors (Lipinski definition) is 0. The molecule has 0 amide bonds. The van der Waals surface area contributed by atoms with Crippen molar-refractivity contribution >= 4 is 11.2 Å². The molecule has 0 bridgehead atoms. The average molecular weight is 495 g/mol. The molecule has 1 aliphatic heterocycles. The quantitative estimate of drug-likeness (QED) is 0.374. The topological polar surface area (TPSA) is 78.6 Å². The van der Waals surface area contributed by atoms with Gasteiger partial charge < -0.3 is 4.74 Å². The lowest BCUT2D eigenvalue weighted by atomic mass is 9.90. The molecule has 1 saturated heterocycles. The van der Waals surface area contributed by atoms with Crippen LogP contribution in [0.2, 0.25) is 0 Å². The Bertz CT molecular complexity index is 1450. The highest BCUT2D eigenvalue weighted by molar-refractivity contribution is 5.87. The lowest BCUT2D eigenvalue weighted by Crippen LogP contribution is -2.28. The highest BCUT2D eigenvalue weighted by Crippen LogP contribution is 2.39. The van der Waals surface area contributed by atoms with Crippen LogP contribution in [0.1, 0.15) is 66.5 Å². The molecule has 0 N–H and O–H groups in total. The molecule has 1 aromatic carbocycles. The Balaban J connectivity index is 1.36. The number of nitrogens with zero attached hydrogens (tertiary/aromatic N) is 6. The van der Waals surface area contributed by atoms with E-state index in [9.17, 15) is 13.2 Å². The van der Waals surface area contributed by atoms with E-state index in [1.54, 1.807) is 6.20 Å². The largest absolute Gasteiger partial charge is 0.373 e. The van der Waals surface area contributed by atoms with Gasteiger partial charge in [-0.3, -0.25) is 4.68 Å². The van der Waals surface area contributed by atoms with E-state index in [0.29, 0.717) is 60.7 Å². The van der Waals surface area contributed by atoms with Crippen molar-refractivity contribution in [2.24, 2.45) is 0 Å². The third-order valence-electron chi connectivity index (χ3n) is 7.22. The van der Waals surface area contributed by atoms with Gasteiger partial charge >= 0.3 is 0 Å². The van der Waals surface area contributed by atoms with Crippen molar-refractivity contribution in [1.29, 1.82) is 0 Å². The Labute approximate surface area is 205 Å². The molecule has 4 aromatic rings. The fourth-order valence-corrected chi connectivity index (χ4v) is 4.90. The first-order valence-electron chi connectivity index (χ1n) is 12.1. The molecule has 7 nitrogen and oxygen atoms in total. The van der Waals surface area contributed by atoms with Crippen LogP contribution in [-0.4, -0.2) is 42.5 Å². The van der Waals surface area contributed by atoms with Crippen LogP contribution in [0.3, 0.4) is 0 Å². The maximum absolute atomic E-state index is 14.8. The average Bonchev–Trinajstić information content (AvgIpc) is 3.32. The molecule has 0 spiro atoms. The minimum Gasteiger partial charge on any atom is -0.373 e. The van der Waals surface area contributed by atoms with Crippen molar-refractivity contribution in [2.45, 2.75) is 63.8 Å². The molecule has 2 aliphatic rings. The van der Waals surface area contributed by atoms with Gasteiger partial charge in [-0.2, -0.15) is 5.10 Å². The van der Waals surface area contributed by atoms with Crippen LogP contribution in [-0.2, 0) is 4.74 Å². The predicted octanol–water partition coefficient (Wildman–Crippen LogP) is 5.49. The smallest absolute Gasteiger partial charge is 0.182 e. The van der Waals surface area contributed by atoms with Crippen LogP contribution in [0.5, 0.6) is 0 Å². The van der Waals surface area contributed by atoms with Gasteiger partial charge in [0.2, 0.25) is 0 Å². The van der Waals surface area contributed by atoms with Gasteiger partial charge in [-0.1, -0.05) is 0 Å². The first-order chi connectivity index (χ1) is 17.4. The zero-order valence-corrected chi connectivity index (χ0v) is 20.0. The van der Waals surface area contributed by atoms with Crippen LogP contribution >= 0.6 is 0 Å². The SMILES string of the molecule is Cc1nc2nc([C@@H]3CCO[C@H](c4cnn(C5CC(F)C5)c4)C3)nc(-c3ccc(F)cc3F)c2nc1C. The summed E-state index contributed by atoms with van der Waals surface area (Å²) in [5.74, 6) is -0.922. The third-order valence-corrected chi connectivity index (χ3v) is 7.22. The summed E-state index contributed by atoms with van der Waals surface area (Å²) in [7, 11) is 0. The summed E-state index contributed by atoms with van der Waals surface area (Å²) in [5, 5.41) is 4.42. The van der Waals surface area contributed by atoms with E-state index in [4.69, 9.17) is 14.7 Å². The standard InChI is InChI=1S/C26H25F3N6O/c1-13-14(2)32-26-24(31-13)23(20-4-3-17(27)10-21(20)29)33-25(34-26)15-5-6-36-22(7-15)16-11-30-35(12-16)19-8-18(28)9-19/h3-4,10-12,15,18-19,22H,5-9H2,1-2H3/t15-,18?,19?,22+/m1/s1. The number of hydrogen-bond acceptors (Lipinski definition) is 6. The molecular formula is C26H25F3N6O. The van der Waals surface area contributed by atoms with E-state index in [0.717, 1.165) is 17.3 Å². The number of aryl methyl sites for hydroxylation is 2. The van der Waals surface area contributed by atoms with Gasteiger partial charge in [0.15, 0.2) is 5.65 Å². The first kappa shape index (κ1) is 23.0. The maximum Gasteiger partial charge on any atom is 0.182 e. The summed E-state index contributed by atoms with van der Waals surface area (Å²) in [6, 6.07) is 3.51. The zero-order chi connectivity index (χ0) is 25.0. The Kier molecular flexibility index (Phi) is 5.70. The zero-order valence-electron chi connectivity index (χ0n) is 20.0. The monoisotopic (exact) mass is 494 g/mol. The van der Waals surface area contributed by atoms with Gasteiger partial charge in [0.25, 0.3) is 0 Å². The summed E-state index contributed by atoms with van der Waals surface area (Å²) >= 11 is 0. The van der Waals surface area contributed by atoms with Crippen molar-refractivity contribution < 1.29 is 17.9 Å². The Hall–Kier alpha value is -3.40. The molecule has 3 aromatic heterocycles.